The zero-order valence-electron chi connectivity index (χ0n) is 19.6. The summed E-state index contributed by atoms with van der Waals surface area (Å²) in [7, 11) is 1.56. The first-order chi connectivity index (χ1) is 17.4. The molecule has 0 unspecified atom stereocenters. The number of fused-ring (bicyclic) bond motifs is 1. The maximum atomic E-state index is 12.8. The molecular formula is C29H22Cl2N2O3. The fraction of sp³-hybridized carbons (Fsp3) is 0.103. The third-order valence-corrected chi connectivity index (χ3v) is 6.45. The Balaban J connectivity index is 1.64. The van der Waals surface area contributed by atoms with Gasteiger partial charge < -0.3 is 14.8 Å². The Kier molecular flexibility index (Phi) is 7.80. The monoisotopic (exact) mass is 516 g/mol. The number of carbonyl (C=O) groups excluding carboxylic acids is 1. The van der Waals surface area contributed by atoms with E-state index in [0.29, 0.717) is 39.4 Å². The fourth-order valence-corrected chi connectivity index (χ4v) is 4.05. The van der Waals surface area contributed by atoms with Gasteiger partial charge in [0.05, 0.1) is 17.2 Å². The zero-order chi connectivity index (χ0) is 25.7. The van der Waals surface area contributed by atoms with Crippen molar-refractivity contribution < 1.29 is 14.3 Å². The van der Waals surface area contributed by atoms with Crippen LogP contribution in [0.4, 0.5) is 5.69 Å². The van der Waals surface area contributed by atoms with Crippen LogP contribution in [0.25, 0.3) is 16.8 Å². The van der Waals surface area contributed by atoms with Crippen LogP contribution in [0.1, 0.15) is 16.7 Å². The minimum atomic E-state index is -0.581. The Hall–Kier alpha value is -3.98. The van der Waals surface area contributed by atoms with Gasteiger partial charge in [-0.1, -0.05) is 59.6 Å². The summed E-state index contributed by atoms with van der Waals surface area (Å²) in [4.78, 5) is 12.8. The van der Waals surface area contributed by atoms with Crippen LogP contribution in [0, 0.1) is 18.3 Å². The molecule has 180 valence electrons. The van der Waals surface area contributed by atoms with Gasteiger partial charge in [0.25, 0.3) is 5.91 Å². The van der Waals surface area contributed by atoms with Gasteiger partial charge in [0.15, 0.2) is 0 Å². The maximum absolute atomic E-state index is 12.8. The van der Waals surface area contributed by atoms with Crippen LogP contribution in [0.2, 0.25) is 10.0 Å². The van der Waals surface area contributed by atoms with Crippen molar-refractivity contribution in [2.75, 3.05) is 12.4 Å². The van der Waals surface area contributed by atoms with Crippen molar-refractivity contribution in [3.8, 4) is 17.6 Å². The maximum Gasteiger partial charge on any atom is 0.266 e. The molecule has 5 nitrogen and oxygen atoms in total. The average molecular weight is 517 g/mol. The van der Waals surface area contributed by atoms with E-state index in [0.717, 1.165) is 21.9 Å². The molecule has 0 radical (unpaired) electrons. The van der Waals surface area contributed by atoms with E-state index in [-0.39, 0.29) is 5.57 Å². The molecule has 4 aromatic carbocycles. The molecule has 4 aromatic rings. The molecule has 0 saturated heterocycles. The lowest BCUT2D eigenvalue weighted by Gasteiger charge is -2.15. The fourth-order valence-electron chi connectivity index (χ4n) is 3.75. The predicted molar refractivity (Wildman–Crippen MR) is 145 cm³/mol. The number of hydrogen-bond acceptors (Lipinski definition) is 4. The standard InChI is InChI=1S/C29H22Cl2N2O3/c1-18-7-8-19-5-3-4-6-24(19)25(18)17-36-28-15-23(35-2)11-9-20(28)13-21(16-32)29(34)33-22-10-12-26(30)27(31)14-22/h3-15H,17H2,1-2H3,(H,33,34)/b21-13+. The first-order valence-corrected chi connectivity index (χ1v) is 11.8. The van der Waals surface area contributed by atoms with Gasteiger partial charge in [-0.3, -0.25) is 4.79 Å². The smallest absolute Gasteiger partial charge is 0.266 e. The molecule has 36 heavy (non-hydrogen) atoms. The van der Waals surface area contributed by atoms with Crippen molar-refractivity contribution >= 4 is 51.6 Å². The summed E-state index contributed by atoms with van der Waals surface area (Å²) in [5.74, 6) is 0.495. The molecule has 1 N–H and O–H groups in total. The number of amides is 1. The number of aryl methyl sites for hydroxylation is 1. The number of nitriles is 1. The van der Waals surface area contributed by atoms with Crippen LogP contribution in [-0.4, -0.2) is 13.0 Å². The van der Waals surface area contributed by atoms with E-state index in [2.05, 4.69) is 29.6 Å². The minimum Gasteiger partial charge on any atom is -0.497 e. The largest absolute Gasteiger partial charge is 0.497 e. The van der Waals surface area contributed by atoms with Crippen molar-refractivity contribution in [3.05, 3.63) is 105 Å². The third kappa shape index (κ3) is 5.63. The van der Waals surface area contributed by atoms with Crippen molar-refractivity contribution in [2.45, 2.75) is 13.5 Å². The number of hydrogen-bond donors (Lipinski definition) is 1. The van der Waals surface area contributed by atoms with Gasteiger partial charge in [0, 0.05) is 22.9 Å². The van der Waals surface area contributed by atoms with Crippen molar-refractivity contribution in [2.24, 2.45) is 0 Å². The number of ether oxygens (including phenoxy) is 2. The van der Waals surface area contributed by atoms with E-state index in [4.69, 9.17) is 32.7 Å². The second-order valence-electron chi connectivity index (χ2n) is 8.03. The van der Waals surface area contributed by atoms with Crippen molar-refractivity contribution in [1.29, 1.82) is 5.26 Å². The summed E-state index contributed by atoms with van der Waals surface area (Å²) in [5, 5.41) is 15.3. The summed E-state index contributed by atoms with van der Waals surface area (Å²) in [6.45, 7) is 2.34. The van der Waals surface area contributed by atoms with Crippen LogP contribution < -0.4 is 14.8 Å². The Labute approximate surface area is 219 Å². The van der Waals surface area contributed by atoms with Gasteiger partial charge in [-0.25, -0.2) is 0 Å². The number of anilines is 1. The van der Waals surface area contributed by atoms with E-state index in [1.54, 1.807) is 37.4 Å². The second kappa shape index (κ2) is 11.2. The summed E-state index contributed by atoms with van der Waals surface area (Å²) in [6.07, 6.45) is 1.48. The summed E-state index contributed by atoms with van der Waals surface area (Å²) in [6, 6.07) is 24.1. The molecule has 0 atom stereocenters. The van der Waals surface area contributed by atoms with E-state index in [9.17, 15) is 10.1 Å². The van der Waals surface area contributed by atoms with Gasteiger partial charge in [-0.15, -0.1) is 0 Å². The average Bonchev–Trinajstić information content (AvgIpc) is 2.89. The summed E-state index contributed by atoms with van der Waals surface area (Å²) >= 11 is 12.0. The van der Waals surface area contributed by atoms with E-state index in [1.165, 1.54) is 12.1 Å². The molecule has 0 aromatic heterocycles. The van der Waals surface area contributed by atoms with Gasteiger partial charge in [-0.2, -0.15) is 5.26 Å². The molecular weight excluding hydrogens is 495 g/mol. The van der Waals surface area contributed by atoms with Crippen LogP contribution in [0.5, 0.6) is 11.5 Å². The number of rotatable bonds is 7. The van der Waals surface area contributed by atoms with Crippen molar-refractivity contribution in [1.82, 2.24) is 0 Å². The quantitative estimate of drug-likeness (QED) is 0.203. The summed E-state index contributed by atoms with van der Waals surface area (Å²) in [5.41, 5.74) is 3.05. The molecule has 0 bridgehead atoms. The minimum absolute atomic E-state index is 0.0996. The molecule has 0 spiro atoms. The molecule has 0 aliphatic heterocycles. The van der Waals surface area contributed by atoms with Gasteiger partial charge in [-0.05, 0) is 59.7 Å². The number of methoxy groups -OCH3 is 1. The molecule has 4 rings (SSSR count). The third-order valence-electron chi connectivity index (χ3n) is 5.71. The molecule has 0 aliphatic carbocycles. The highest BCUT2D eigenvalue weighted by molar-refractivity contribution is 6.42. The second-order valence-corrected chi connectivity index (χ2v) is 8.84. The summed E-state index contributed by atoms with van der Waals surface area (Å²) < 4.78 is 11.6. The van der Waals surface area contributed by atoms with E-state index >= 15 is 0 Å². The number of halogens is 2. The highest BCUT2D eigenvalue weighted by atomic mass is 35.5. The SMILES string of the molecule is COc1ccc(/C=C(\C#N)C(=O)Nc2ccc(Cl)c(Cl)c2)c(OCc2c(C)ccc3ccccc23)c1. The molecule has 0 fully saturated rings. The lowest BCUT2D eigenvalue weighted by molar-refractivity contribution is -0.112. The van der Waals surface area contributed by atoms with Crippen molar-refractivity contribution in [3.63, 3.8) is 0 Å². The topological polar surface area (TPSA) is 71.3 Å². The molecule has 0 saturated carbocycles. The Morgan fingerprint density at radius 3 is 2.58 bits per heavy atom. The lowest BCUT2D eigenvalue weighted by Crippen LogP contribution is -2.13. The highest BCUT2D eigenvalue weighted by Gasteiger charge is 2.14. The lowest BCUT2D eigenvalue weighted by atomic mass is 10.0. The number of benzene rings is 4. The highest BCUT2D eigenvalue weighted by Crippen LogP contribution is 2.30. The van der Waals surface area contributed by atoms with Crippen LogP contribution in [0.3, 0.4) is 0 Å². The normalized spacial score (nSPS) is 11.1. The first kappa shape index (κ1) is 25.1. The van der Waals surface area contributed by atoms with E-state index in [1.807, 2.05) is 25.1 Å². The Bertz CT molecular complexity index is 1520. The Morgan fingerprint density at radius 1 is 1.03 bits per heavy atom. The van der Waals surface area contributed by atoms with Gasteiger partial charge >= 0.3 is 0 Å². The molecule has 7 heteroatoms. The molecule has 1 amide bonds. The van der Waals surface area contributed by atoms with Gasteiger partial charge in [0.2, 0.25) is 0 Å². The predicted octanol–water partition coefficient (Wildman–Crippen LogP) is 7.59. The number of nitrogens with zero attached hydrogens (tertiary/aromatic N) is 1. The van der Waals surface area contributed by atoms with E-state index < -0.39 is 5.91 Å². The van der Waals surface area contributed by atoms with Crippen LogP contribution in [0.15, 0.2) is 78.4 Å². The number of carbonyl (C=O) groups is 1. The molecule has 0 aliphatic rings. The molecule has 0 heterocycles. The van der Waals surface area contributed by atoms with Crippen LogP contribution >= 0.6 is 23.2 Å². The first-order valence-electron chi connectivity index (χ1n) is 11.1. The van der Waals surface area contributed by atoms with Crippen LogP contribution in [-0.2, 0) is 11.4 Å². The zero-order valence-corrected chi connectivity index (χ0v) is 21.2. The Morgan fingerprint density at radius 2 is 1.83 bits per heavy atom. The van der Waals surface area contributed by atoms with Gasteiger partial charge in [0.1, 0.15) is 29.7 Å². The number of nitrogens with one attached hydrogen (secondary N) is 1.